The fraction of sp³-hybridized carbons (Fsp3) is 0.0833. The van der Waals surface area contributed by atoms with Crippen molar-refractivity contribution < 1.29 is 5.11 Å². The second kappa shape index (κ2) is 4.58. The molecule has 1 aromatic carbocycles. The van der Waals surface area contributed by atoms with Gasteiger partial charge in [0.15, 0.2) is 0 Å². The SMILES string of the molecule is Oc1ccc(-c2nc(Cn3ccnn3)cs2)cc1. The van der Waals surface area contributed by atoms with Crippen molar-refractivity contribution in [3.05, 3.63) is 47.7 Å². The maximum absolute atomic E-state index is 9.24. The fourth-order valence-corrected chi connectivity index (χ4v) is 2.42. The van der Waals surface area contributed by atoms with Crippen LogP contribution in [0.2, 0.25) is 0 Å². The van der Waals surface area contributed by atoms with Crippen LogP contribution in [0.1, 0.15) is 5.69 Å². The highest BCUT2D eigenvalue weighted by Crippen LogP contribution is 2.25. The molecule has 0 amide bonds. The monoisotopic (exact) mass is 258 g/mol. The summed E-state index contributed by atoms with van der Waals surface area (Å²) in [6.45, 7) is 0.620. The van der Waals surface area contributed by atoms with Gasteiger partial charge < -0.3 is 5.11 Å². The molecular weight excluding hydrogens is 248 g/mol. The van der Waals surface area contributed by atoms with Crippen LogP contribution >= 0.6 is 11.3 Å². The van der Waals surface area contributed by atoms with Crippen molar-refractivity contribution in [2.75, 3.05) is 0 Å². The Morgan fingerprint density at radius 2 is 2.06 bits per heavy atom. The summed E-state index contributed by atoms with van der Waals surface area (Å²) in [4.78, 5) is 4.53. The third-order valence-corrected chi connectivity index (χ3v) is 3.40. The third kappa shape index (κ3) is 2.23. The van der Waals surface area contributed by atoms with E-state index in [0.717, 1.165) is 16.3 Å². The van der Waals surface area contributed by atoms with Gasteiger partial charge in [0.2, 0.25) is 0 Å². The van der Waals surface area contributed by atoms with Gasteiger partial charge >= 0.3 is 0 Å². The molecule has 0 radical (unpaired) electrons. The van der Waals surface area contributed by atoms with E-state index in [-0.39, 0.29) is 5.75 Å². The Kier molecular flexibility index (Phi) is 2.77. The van der Waals surface area contributed by atoms with Crippen molar-refractivity contribution in [2.24, 2.45) is 0 Å². The highest BCUT2D eigenvalue weighted by Gasteiger charge is 2.05. The highest BCUT2D eigenvalue weighted by molar-refractivity contribution is 7.13. The summed E-state index contributed by atoms with van der Waals surface area (Å²) in [6, 6.07) is 7.03. The van der Waals surface area contributed by atoms with Crippen LogP contribution in [0, 0.1) is 0 Å². The molecule has 0 bridgehead atoms. The Balaban J connectivity index is 1.83. The Morgan fingerprint density at radius 1 is 1.22 bits per heavy atom. The lowest BCUT2D eigenvalue weighted by atomic mass is 10.2. The average Bonchev–Trinajstić information content (AvgIpc) is 3.02. The lowest BCUT2D eigenvalue weighted by Crippen LogP contribution is -2.00. The number of phenols is 1. The van der Waals surface area contributed by atoms with Crippen LogP contribution in [0.5, 0.6) is 5.75 Å². The maximum atomic E-state index is 9.24. The molecule has 3 aromatic rings. The van der Waals surface area contributed by atoms with Gasteiger partial charge in [-0.05, 0) is 24.3 Å². The molecule has 0 aliphatic carbocycles. The quantitative estimate of drug-likeness (QED) is 0.782. The molecule has 0 fully saturated rings. The van der Waals surface area contributed by atoms with Crippen molar-refractivity contribution in [1.82, 2.24) is 20.0 Å². The molecule has 0 spiro atoms. The van der Waals surface area contributed by atoms with Crippen LogP contribution in [0.3, 0.4) is 0 Å². The first-order valence-corrected chi connectivity index (χ1v) is 6.27. The largest absolute Gasteiger partial charge is 0.508 e. The van der Waals surface area contributed by atoms with Gasteiger partial charge in [0.25, 0.3) is 0 Å². The number of aromatic nitrogens is 4. The molecule has 18 heavy (non-hydrogen) atoms. The van der Waals surface area contributed by atoms with Crippen molar-refractivity contribution in [2.45, 2.75) is 6.54 Å². The number of thiazole rings is 1. The van der Waals surface area contributed by atoms with E-state index in [9.17, 15) is 5.11 Å². The van der Waals surface area contributed by atoms with E-state index in [1.807, 2.05) is 17.5 Å². The third-order valence-electron chi connectivity index (χ3n) is 2.46. The van der Waals surface area contributed by atoms with Crippen LogP contribution in [0.15, 0.2) is 42.0 Å². The molecule has 0 unspecified atom stereocenters. The molecule has 90 valence electrons. The normalized spacial score (nSPS) is 10.7. The van der Waals surface area contributed by atoms with Crippen molar-refractivity contribution in [3.8, 4) is 16.3 Å². The topological polar surface area (TPSA) is 63.8 Å². The van der Waals surface area contributed by atoms with Gasteiger partial charge in [0.05, 0.1) is 18.4 Å². The van der Waals surface area contributed by atoms with E-state index in [4.69, 9.17) is 0 Å². The number of aromatic hydroxyl groups is 1. The van der Waals surface area contributed by atoms with Gasteiger partial charge in [0, 0.05) is 17.1 Å². The lowest BCUT2D eigenvalue weighted by Gasteiger charge is -1.97. The van der Waals surface area contributed by atoms with Gasteiger partial charge in [-0.3, -0.25) is 0 Å². The van der Waals surface area contributed by atoms with Crippen molar-refractivity contribution >= 4 is 11.3 Å². The smallest absolute Gasteiger partial charge is 0.123 e. The molecule has 0 aliphatic heterocycles. The predicted octanol–water partition coefficient (Wildman–Crippen LogP) is 2.16. The Hall–Kier alpha value is -2.21. The zero-order chi connectivity index (χ0) is 12.4. The minimum Gasteiger partial charge on any atom is -0.508 e. The summed E-state index contributed by atoms with van der Waals surface area (Å²) >= 11 is 1.58. The lowest BCUT2D eigenvalue weighted by molar-refractivity contribution is 0.475. The molecular formula is C12H10N4OS. The first kappa shape index (κ1) is 10.9. The zero-order valence-corrected chi connectivity index (χ0v) is 10.2. The predicted molar refractivity (Wildman–Crippen MR) is 68.3 cm³/mol. The Bertz CT molecular complexity index is 630. The molecule has 6 heteroatoms. The van der Waals surface area contributed by atoms with E-state index in [1.54, 1.807) is 40.5 Å². The van der Waals surface area contributed by atoms with Gasteiger partial charge in [-0.15, -0.1) is 16.4 Å². The maximum Gasteiger partial charge on any atom is 0.123 e. The minimum absolute atomic E-state index is 0.262. The summed E-state index contributed by atoms with van der Waals surface area (Å²) in [6.07, 6.45) is 3.45. The molecule has 0 atom stereocenters. The van der Waals surface area contributed by atoms with Crippen molar-refractivity contribution in [1.29, 1.82) is 0 Å². The molecule has 0 aliphatic rings. The fourth-order valence-electron chi connectivity index (χ4n) is 1.60. The number of phenolic OH excluding ortho intramolecular Hbond substituents is 1. The van der Waals surface area contributed by atoms with Gasteiger partial charge in [-0.2, -0.15) is 0 Å². The number of nitrogens with zero attached hydrogens (tertiary/aromatic N) is 4. The summed E-state index contributed by atoms with van der Waals surface area (Å²) in [5.41, 5.74) is 1.95. The summed E-state index contributed by atoms with van der Waals surface area (Å²) in [5, 5.41) is 19.8. The van der Waals surface area contributed by atoms with Gasteiger partial charge in [-0.1, -0.05) is 5.21 Å². The second-order valence-corrected chi connectivity index (χ2v) is 4.65. The highest BCUT2D eigenvalue weighted by atomic mass is 32.1. The molecule has 3 rings (SSSR count). The first-order chi connectivity index (χ1) is 8.81. The van der Waals surface area contributed by atoms with Crippen LogP contribution in [0.4, 0.5) is 0 Å². The standard InChI is InChI=1S/C12H10N4OS/c17-11-3-1-9(2-4-11)12-14-10(8-18-12)7-16-6-5-13-15-16/h1-6,8,17H,7H2. The van der Waals surface area contributed by atoms with Gasteiger partial charge in [-0.25, -0.2) is 9.67 Å². The number of hydrogen-bond donors (Lipinski definition) is 1. The van der Waals surface area contributed by atoms with Crippen LogP contribution in [-0.2, 0) is 6.54 Å². The average molecular weight is 258 g/mol. The van der Waals surface area contributed by atoms with E-state index < -0.39 is 0 Å². The first-order valence-electron chi connectivity index (χ1n) is 5.39. The van der Waals surface area contributed by atoms with Gasteiger partial charge in [0.1, 0.15) is 10.8 Å². The molecule has 0 saturated heterocycles. The van der Waals surface area contributed by atoms with E-state index in [2.05, 4.69) is 15.3 Å². The van der Waals surface area contributed by atoms with Crippen LogP contribution in [-0.4, -0.2) is 25.1 Å². The zero-order valence-electron chi connectivity index (χ0n) is 9.39. The van der Waals surface area contributed by atoms with Crippen LogP contribution < -0.4 is 0 Å². The molecule has 2 aromatic heterocycles. The molecule has 5 nitrogen and oxygen atoms in total. The minimum atomic E-state index is 0.262. The Labute approximate surface area is 107 Å². The van der Waals surface area contributed by atoms with Crippen LogP contribution in [0.25, 0.3) is 10.6 Å². The number of benzene rings is 1. The summed E-state index contributed by atoms with van der Waals surface area (Å²) < 4.78 is 1.73. The number of hydrogen-bond acceptors (Lipinski definition) is 5. The Morgan fingerprint density at radius 3 is 2.78 bits per heavy atom. The van der Waals surface area contributed by atoms with E-state index in [1.165, 1.54) is 0 Å². The molecule has 0 saturated carbocycles. The van der Waals surface area contributed by atoms with Crippen molar-refractivity contribution in [3.63, 3.8) is 0 Å². The number of rotatable bonds is 3. The summed E-state index contributed by atoms with van der Waals surface area (Å²) in [7, 11) is 0. The molecule has 2 heterocycles. The summed E-state index contributed by atoms with van der Waals surface area (Å²) in [5.74, 6) is 0.262. The van der Waals surface area contributed by atoms with E-state index in [0.29, 0.717) is 6.54 Å². The second-order valence-electron chi connectivity index (χ2n) is 3.79. The van der Waals surface area contributed by atoms with E-state index >= 15 is 0 Å². The molecule has 1 N–H and O–H groups in total.